The van der Waals surface area contributed by atoms with E-state index in [1.54, 1.807) is 6.33 Å². The molecule has 0 amide bonds. The Morgan fingerprint density at radius 3 is 2.72 bits per heavy atom. The molecule has 1 heterocycles. The largest absolute Gasteiger partial charge is 0.314 e. The van der Waals surface area contributed by atoms with Gasteiger partial charge in [0.05, 0.1) is 0 Å². The SMILES string of the molecule is CCCn1ncnc1CC(CC(C)CC)NCC. The zero-order valence-electron chi connectivity index (χ0n) is 12.3. The van der Waals surface area contributed by atoms with Crippen LogP contribution in [0.4, 0.5) is 0 Å². The predicted molar refractivity (Wildman–Crippen MR) is 75.6 cm³/mol. The second-order valence-corrected chi connectivity index (χ2v) is 5.11. The minimum absolute atomic E-state index is 0.518. The summed E-state index contributed by atoms with van der Waals surface area (Å²) >= 11 is 0. The molecule has 4 nitrogen and oxygen atoms in total. The van der Waals surface area contributed by atoms with Gasteiger partial charge >= 0.3 is 0 Å². The van der Waals surface area contributed by atoms with Crippen molar-refractivity contribution in [2.45, 2.75) is 66.0 Å². The number of hydrogen-bond acceptors (Lipinski definition) is 3. The lowest BCUT2D eigenvalue weighted by molar-refractivity contribution is 0.386. The number of likely N-dealkylation sites (N-methyl/N-ethyl adjacent to an activating group) is 1. The Labute approximate surface area is 111 Å². The molecule has 0 fully saturated rings. The highest BCUT2D eigenvalue weighted by atomic mass is 15.3. The molecule has 0 bridgehead atoms. The molecule has 1 aromatic heterocycles. The normalized spacial score (nSPS) is 14.7. The van der Waals surface area contributed by atoms with Crippen LogP contribution in [0.2, 0.25) is 0 Å². The Hall–Kier alpha value is -0.900. The molecular weight excluding hydrogens is 224 g/mol. The molecule has 18 heavy (non-hydrogen) atoms. The molecule has 0 aliphatic carbocycles. The molecule has 0 aliphatic rings. The van der Waals surface area contributed by atoms with Crippen LogP contribution in [0.5, 0.6) is 0 Å². The van der Waals surface area contributed by atoms with Crippen LogP contribution in [-0.4, -0.2) is 27.4 Å². The molecule has 0 spiro atoms. The fourth-order valence-electron chi connectivity index (χ4n) is 2.25. The Kier molecular flexibility index (Phi) is 6.94. The Morgan fingerprint density at radius 1 is 1.33 bits per heavy atom. The van der Waals surface area contributed by atoms with E-state index in [1.165, 1.54) is 12.8 Å². The van der Waals surface area contributed by atoms with E-state index in [0.717, 1.165) is 37.7 Å². The first-order valence-electron chi connectivity index (χ1n) is 7.31. The predicted octanol–water partition coefficient (Wildman–Crippen LogP) is 2.64. The van der Waals surface area contributed by atoms with Gasteiger partial charge in [-0.15, -0.1) is 0 Å². The molecule has 104 valence electrons. The van der Waals surface area contributed by atoms with Gasteiger partial charge in [-0.05, 0) is 25.3 Å². The minimum atomic E-state index is 0.518. The van der Waals surface area contributed by atoms with E-state index >= 15 is 0 Å². The number of nitrogens with zero attached hydrogens (tertiary/aromatic N) is 3. The van der Waals surface area contributed by atoms with Crippen LogP contribution in [0.3, 0.4) is 0 Å². The number of aryl methyl sites for hydroxylation is 1. The standard InChI is InChI=1S/C14H28N4/c1-5-8-18-14(16-11-17-18)10-13(15-7-3)9-12(4)6-2/h11-13,15H,5-10H2,1-4H3. The summed E-state index contributed by atoms with van der Waals surface area (Å²) in [5.41, 5.74) is 0. The zero-order chi connectivity index (χ0) is 13.4. The second kappa shape index (κ2) is 8.25. The molecule has 1 N–H and O–H groups in total. The summed E-state index contributed by atoms with van der Waals surface area (Å²) < 4.78 is 2.04. The third-order valence-electron chi connectivity index (χ3n) is 3.44. The summed E-state index contributed by atoms with van der Waals surface area (Å²) in [4.78, 5) is 4.40. The summed E-state index contributed by atoms with van der Waals surface area (Å²) in [6.45, 7) is 10.9. The molecule has 1 aromatic rings. The quantitative estimate of drug-likeness (QED) is 0.734. The van der Waals surface area contributed by atoms with Gasteiger partial charge in [-0.1, -0.05) is 34.1 Å². The van der Waals surface area contributed by atoms with Gasteiger partial charge in [0.2, 0.25) is 0 Å². The molecule has 2 unspecified atom stereocenters. The lowest BCUT2D eigenvalue weighted by Crippen LogP contribution is -2.33. The highest BCUT2D eigenvalue weighted by Gasteiger charge is 2.15. The fourth-order valence-corrected chi connectivity index (χ4v) is 2.25. The van der Waals surface area contributed by atoms with Gasteiger partial charge in [-0.3, -0.25) is 4.68 Å². The van der Waals surface area contributed by atoms with Gasteiger partial charge in [-0.2, -0.15) is 5.10 Å². The fraction of sp³-hybridized carbons (Fsp3) is 0.857. The molecule has 2 atom stereocenters. The van der Waals surface area contributed by atoms with Gasteiger partial charge in [0.25, 0.3) is 0 Å². The van der Waals surface area contributed by atoms with Crippen LogP contribution in [0, 0.1) is 5.92 Å². The third kappa shape index (κ3) is 4.77. The van der Waals surface area contributed by atoms with Gasteiger partial charge in [0.15, 0.2) is 0 Å². The van der Waals surface area contributed by atoms with Crippen LogP contribution in [0.1, 0.15) is 52.8 Å². The summed E-state index contributed by atoms with van der Waals surface area (Å²) in [6.07, 6.45) is 6.22. The average Bonchev–Trinajstić information content (AvgIpc) is 2.77. The molecular formula is C14H28N4. The Morgan fingerprint density at radius 2 is 2.11 bits per heavy atom. The molecule has 0 saturated carbocycles. The maximum absolute atomic E-state index is 4.40. The van der Waals surface area contributed by atoms with Crippen molar-refractivity contribution in [3.63, 3.8) is 0 Å². The first kappa shape index (κ1) is 15.2. The van der Waals surface area contributed by atoms with E-state index in [2.05, 4.69) is 43.1 Å². The monoisotopic (exact) mass is 252 g/mol. The number of nitrogens with one attached hydrogen (secondary N) is 1. The maximum atomic E-state index is 4.40. The summed E-state index contributed by atoms with van der Waals surface area (Å²) in [5, 5.41) is 7.87. The molecule has 4 heteroatoms. The third-order valence-corrected chi connectivity index (χ3v) is 3.44. The van der Waals surface area contributed by atoms with Crippen molar-refractivity contribution in [3.05, 3.63) is 12.2 Å². The van der Waals surface area contributed by atoms with E-state index in [9.17, 15) is 0 Å². The van der Waals surface area contributed by atoms with E-state index < -0.39 is 0 Å². The molecule has 1 rings (SSSR count). The first-order valence-corrected chi connectivity index (χ1v) is 7.31. The van der Waals surface area contributed by atoms with E-state index in [-0.39, 0.29) is 0 Å². The van der Waals surface area contributed by atoms with Crippen molar-refractivity contribution in [1.29, 1.82) is 0 Å². The van der Waals surface area contributed by atoms with Gasteiger partial charge in [0, 0.05) is 19.0 Å². The highest BCUT2D eigenvalue weighted by Crippen LogP contribution is 2.13. The number of rotatable bonds is 9. The maximum Gasteiger partial charge on any atom is 0.138 e. The molecule has 0 saturated heterocycles. The average molecular weight is 252 g/mol. The summed E-state index contributed by atoms with van der Waals surface area (Å²) in [7, 11) is 0. The zero-order valence-corrected chi connectivity index (χ0v) is 12.3. The smallest absolute Gasteiger partial charge is 0.138 e. The Bertz CT molecular complexity index is 321. The van der Waals surface area contributed by atoms with E-state index in [4.69, 9.17) is 0 Å². The van der Waals surface area contributed by atoms with Crippen molar-refractivity contribution in [2.24, 2.45) is 5.92 Å². The minimum Gasteiger partial charge on any atom is -0.314 e. The second-order valence-electron chi connectivity index (χ2n) is 5.11. The first-order chi connectivity index (χ1) is 8.71. The van der Waals surface area contributed by atoms with Crippen LogP contribution in [-0.2, 0) is 13.0 Å². The van der Waals surface area contributed by atoms with Crippen LogP contribution < -0.4 is 5.32 Å². The van der Waals surface area contributed by atoms with E-state index in [1.807, 2.05) is 4.68 Å². The van der Waals surface area contributed by atoms with E-state index in [0.29, 0.717) is 6.04 Å². The number of hydrogen-bond donors (Lipinski definition) is 1. The topological polar surface area (TPSA) is 42.7 Å². The van der Waals surface area contributed by atoms with Crippen LogP contribution in [0.25, 0.3) is 0 Å². The number of aromatic nitrogens is 3. The van der Waals surface area contributed by atoms with Crippen molar-refractivity contribution in [2.75, 3.05) is 6.54 Å². The summed E-state index contributed by atoms with van der Waals surface area (Å²) in [5.74, 6) is 1.88. The lowest BCUT2D eigenvalue weighted by atomic mass is 9.97. The van der Waals surface area contributed by atoms with Crippen molar-refractivity contribution in [3.8, 4) is 0 Å². The molecule has 0 aromatic carbocycles. The van der Waals surface area contributed by atoms with Crippen molar-refractivity contribution >= 4 is 0 Å². The molecule has 0 aliphatic heterocycles. The van der Waals surface area contributed by atoms with Crippen LogP contribution >= 0.6 is 0 Å². The van der Waals surface area contributed by atoms with Gasteiger partial charge < -0.3 is 5.32 Å². The Balaban J connectivity index is 2.61. The highest BCUT2D eigenvalue weighted by molar-refractivity contribution is 4.90. The van der Waals surface area contributed by atoms with Gasteiger partial charge in [-0.25, -0.2) is 4.98 Å². The van der Waals surface area contributed by atoms with Crippen LogP contribution in [0.15, 0.2) is 6.33 Å². The van der Waals surface area contributed by atoms with Crippen molar-refractivity contribution < 1.29 is 0 Å². The molecule has 0 radical (unpaired) electrons. The lowest BCUT2D eigenvalue weighted by Gasteiger charge is -2.21. The van der Waals surface area contributed by atoms with Crippen molar-refractivity contribution in [1.82, 2.24) is 20.1 Å². The summed E-state index contributed by atoms with van der Waals surface area (Å²) in [6, 6.07) is 0.518. The van der Waals surface area contributed by atoms with Gasteiger partial charge in [0.1, 0.15) is 12.2 Å².